The van der Waals surface area contributed by atoms with Gasteiger partial charge in [0.25, 0.3) is 0 Å². The van der Waals surface area contributed by atoms with Gasteiger partial charge in [-0.25, -0.2) is 15.0 Å². The molecular weight excluding hydrogens is 252 g/mol. The van der Waals surface area contributed by atoms with Crippen molar-refractivity contribution in [3.63, 3.8) is 0 Å². The molecule has 3 aromatic rings. The molecule has 92 valence electrons. The molecule has 0 saturated heterocycles. The van der Waals surface area contributed by atoms with Crippen LogP contribution < -0.4 is 5.73 Å². The molecule has 3 rings (SSSR count). The van der Waals surface area contributed by atoms with Crippen molar-refractivity contribution in [2.45, 2.75) is 13.1 Å². The Morgan fingerprint density at radius 3 is 3.00 bits per heavy atom. The fourth-order valence-electron chi connectivity index (χ4n) is 1.86. The molecule has 3 heterocycles. The molecule has 0 radical (unpaired) electrons. The molecule has 0 bridgehead atoms. The van der Waals surface area contributed by atoms with E-state index in [-0.39, 0.29) is 0 Å². The average molecular weight is 263 g/mol. The summed E-state index contributed by atoms with van der Waals surface area (Å²) in [5.74, 6) is 0.444. The predicted octanol–water partition coefficient (Wildman–Crippen LogP) is 1.56. The summed E-state index contributed by atoms with van der Waals surface area (Å²) in [6.45, 7) is 1.45. The lowest BCUT2D eigenvalue weighted by molar-refractivity contribution is 0.591. The van der Waals surface area contributed by atoms with Gasteiger partial charge in [-0.05, 0) is 6.07 Å². The number of imidazole rings is 2. The van der Waals surface area contributed by atoms with E-state index in [1.807, 2.05) is 15.3 Å². The minimum atomic E-state index is 0.444. The Morgan fingerprint density at radius 2 is 2.22 bits per heavy atom. The van der Waals surface area contributed by atoms with E-state index in [4.69, 9.17) is 17.3 Å². The zero-order valence-electron chi connectivity index (χ0n) is 9.49. The molecule has 0 saturated carbocycles. The predicted molar refractivity (Wildman–Crippen MR) is 69.2 cm³/mol. The van der Waals surface area contributed by atoms with Crippen LogP contribution in [0.3, 0.4) is 0 Å². The number of hydrogen-bond donors (Lipinski definition) is 1. The summed E-state index contributed by atoms with van der Waals surface area (Å²) in [6, 6.07) is 1.76. The molecule has 0 aromatic carbocycles. The van der Waals surface area contributed by atoms with Gasteiger partial charge >= 0.3 is 0 Å². The third kappa shape index (κ3) is 1.91. The second kappa shape index (κ2) is 4.30. The highest BCUT2D eigenvalue weighted by Crippen LogP contribution is 2.19. The summed E-state index contributed by atoms with van der Waals surface area (Å²) in [5.41, 5.74) is 7.35. The number of nitrogen functional groups attached to an aromatic ring is 1. The van der Waals surface area contributed by atoms with Gasteiger partial charge in [-0.3, -0.25) is 4.57 Å². The maximum absolute atomic E-state index is 5.89. The van der Waals surface area contributed by atoms with Gasteiger partial charge in [0.15, 0.2) is 5.65 Å². The molecule has 0 unspecified atom stereocenters. The Kier molecular flexibility index (Phi) is 2.64. The molecule has 0 aliphatic carbocycles. The van der Waals surface area contributed by atoms with E-state index in [9.17, 15) is 0 Å². The molecule has 0 atom stereocenters. The topological polar surface area (TPSA) is 74.5 Å². The highest BCUT2D eigenvalue weighted by atomic mass is 35.5. The summed E-state index contributed by atoms with van der Waals surface area (Å²) >= 11 is 5.87. The van der Waals surface area contributed by atoms with E-state index in [0.29, 0.717) is 23.0 Å². The fraction of sp³-hybridized carbons (Fsp3) is 0.182. The van der Waals surface area contributed by atoms with E-state index in [1.165, 1.54) is 0 Å². The zero-order valence-corrected chi connectivity index (χ0v) is 10.2. The van der Waals surface area contributed by atoms with E-state index >= 15 is 0 Å². The molecule has 0 aliphatic rings. The summed E-state index contributed by atoms with van der Waals surface area (Å²) in [7, 11) is 0. The molecule has 6 nitrogen and oxygen atoms in total. The molecular formula is C11H11ClN6. The minimum Gasteiger partial charge on any atom is -0.369 e. The molecule has 7 heteroatoms. The number of aromatic nitrogens is 5. The molecule has 18 heavy (non-hydrogen) atoms. The summed E-state index contributed by atoms with van der Waals surface area (Å²) in [5, 5.41) is 0.557. The lowest BCUT2D eigenvalue weighted by Gasteiger charge is -2.06. The normalized spacial score (nSPS) is 11.2. The van der Waals surface area contributed by atoms with Gasteiger partial charge < -0.3 is 10.3 Å². The molecule has 0 amide bonds. The smallest absolute Gasteiger partial charge is 0.202 e. The first kappa shape index (κ1) is 11.0. The van der Waals surface area contributed by atoms with Crippen LogP contribution in [0.25, 0.3) is 11.2 Å². The number of halogens is 1. The van der Waals surface area contributed by atoms with E-state index in [2.05, 4.69) is 15.0 Å². The summed E-state index contributed by atoms with van der Waals surface area (Å²) < 4.78 is 3.84. The Balaban J connectivity index is 1.93. The molecule has 0 aliphatic heterocycles. The Hall–Kier alpha value is -2.08. The number of nitrogens with zero attached hydrogens (tertiary/aromatic N) is 5. The van der Waals surface area contributed by atoms with Crippen molar-refractivity contribution in [3.05, 3.63) is 36.0 Å². The Bertz CT molecular complexity index is 672. The first-order valence-corrected chi connectivity index (χ1v) is 5.85. The van der Waals surface area contributed by atoms with Crippen molar-refractivity contribution in [2.75, 3.05) is 5.73 Å². The van der Waals surface area contributed by atoms with Crippen molar-refractivity contribution >= 4 is 28.7 Å². The van der Waals surface area contributed by atoms with Gasteiger partial charge in [0.1, 0.15) is 5.52 Å². The number of aryl methyl sites for hydroxylation is 2. The van der Waals surface area contributed by atoms with Gasteiger partial charge in [0.05, 0.1) is 11.3 Å². The summed E-state index contributed by atoms with van der Waals surface area (Å²) in [6.07, 6.45) is 7.01. The van der Waals surface area contributed by atoms with Gasteiger partial charge in [-0.1, -0.05) is 11.6 Å². The van der Waals surface area contributed by atoms with Crippen molar-refractivity contribution < 1.29 is 0 Å². The lowest BCUT2D eigenvalue weighted by Crippen LogP contribution is -2.09. The first-order valence-electron chi connectivity index (χ1n) is 5.47. The number of fused-ring (bicyclic) bond motifs is 1. The monoisotopic (exact) mass is 262 g/mol. The maximum Gasteiger partial charge on any atom is 0.202 e. The number of nitrogens with two attached hydrogens (primary N) is 1. The number of hydrogen-bond acceptors (Lipinski definition) is 4. The van der Waals surface area contributed by atoms with Crippen LogP contribution >= 0.6 is 11.6 Å². The van der Waals surface area contributed by atoms with Crippen LogP contribution in [-0.2, 0) is 13.1 Å². The molecule has 3 aromatic heterocycles. The van der Waals surface area contributed by atoms with Crippen LogP contribution in [0.1, 0.15) is 0 Å². The Morgan fingerprint density at radius 1 is 1.33 bits per heavy atom. The van der Waals surface area contributed by atoms with Gasteiger partial charge in [0.2, 0.25) is 5.95 Å². The van der Waals surface area contributed by atoms with Crippen LogP contribution in [-0.4, -0.2) is 24.1 Å². The van der Waals surface area contributed by atoms with Crippen molar-refractivity contribution in [2.24, 2.45) is 0 Å². The minimum absolute atomic E-state index is 0.444. The second-order valence-electron chi connectivity index (χ2n) is 3.92. The molecule has 0 spiro atoms. The van der Waals surface area contributed by atoms with Crippen LogP contribution in [0, 0.1) is 0 Å². The van der Waals surface area contributed by atoms with E-state index in [1.54, 1.807) is 24.8 Å². The van der Waals surface area contributed by atoms with E-state index in [0.717, 1.165) is 12.2 Å². The summed E-state index contributed by atoms with van der Waals surface area (Å²) in [4.78, 5) is 12.5. The van der Waals surface area contributed by atoms with E-state index < -0.39 is 0 Å². The fourth-order valence-corrected chi connectivity index (χ4v) is 2.01. The van der Waals surface area contributed by atoms with Gasteiger partial charge in [-0.2, -0.15) is 0 Å². The standard InChI is InChI=1S/C11H11ClN6/c12-8-5-9-10(15-6-8)18(11(13)16-9)4-3-17-2-1-14-7-17/h1-2,5-7H,3-4H2,(H2,13,16). The van der Waals surface area contributed by atoms with Gasteiger partial charge in [-0.15, -0.1) is 0 Å². The third-order valence-electron chi connectivity index (χ3n) is 2.72. The highest BCUT2D eigenvalue weighted by Gasteiger charge is 2.09. The maximum atomic E-state index is 5.89. The Labute approximate surface area is 108 Å². The quantitative estimate of drug-likeness (QED) is 0.777. The average Bonchev–Trinajstić information content (AvgIpc) is 2.93. The van der Waals surface area contributed by atoms with Crippen molar-refractivity contribution in [1.29, 1.82) is 0 Å². The third-order valence-corrected chi connectivity index (χ3v) is 2.93. The lowest BCUT2D eigenvalue weighted by atomic mass is 10.4. The largest absolute Gasteiger partial charge is 0.369 e. The molecule has 0 fully saturated rings. The SMILES string of the molecule is Nc1nc2cc(Cl)cnc2n1CCn1ccnc1. The van der Waals surface area contributed by atoms with Crippen LogP contribution in [0.2, 0.25) is 5.02 Å². The number of rotatable bonds is 3. The van der Waals surface area contributed by atoms with Crippen molar-refractivity contribution in [1.82, 2.24) is 24.1 Å². The highest BCUT2D eigenvalue weighted by molar-refractivity contribution is 6.31. The van der Waals surface area contributed by atoms with Gasteiger partial charge in [0, 0.05) is 31.7 Å². The second-order valence-corrected chi connectivity index (χ2v) is 4.35. The number of anilines is 1. The zero-order chi connectivity index (χ0) is 12.5. The van der Waals surface area contributed by atoms with Crippen LogP contribution in [0.15, 0.2) is 31.0 Å². The molecule has 2 N–H and O–H groups in total. The van der Waals surface area contributed by atoms with Crippen LogP contribution in [0.5, 0.6) is 0 Å². The van der Waals surface area contributed by atoms with Crippen molar-refractivity contribution in [3.8, 4) is 0 Å². The first-order chi connectivity index (χ1) is 8.74. The number of pyridine rings is 1. The van der Waals surface area contributed by atoms with Crippen LogP contribution in [0.4, 0.5) is 5.95 Å².